The van der Waals surface area contributed by atoms with E-state index in [0.717, 1.165) is 23.5 Å². The number of ether oxygens (including phenoxy) is 2. The van der Waals surface area contributed by atoms with E-state index in [4.69, 9.17) is 9.47 Å². The molecule has 0 aliphatic carbocycles. The number of carbonyl (C=O) groups excluding carboxylic acids is 1. The Bertz CT molecular complexity index is 866. The number of guanidine groups is 1. The average molecular weight is 428 g/mol. The van der Waals surface area contributed by atoms with Gasteiger partial charge in [0.15, 0.2) is 17.5 Å². The fraction of sp³-hybridized carbons (Fsp3) is 0.391. The van der Waals surface area contributed by atoms with E-state index in [-0.39, 0.29) is 12.1 Å². The zero-order valence-electron chi connectivity index (χ0n) is 18.9. The molecule has 0 bridgehead atoms. The Morgan fingerprint density at radius 2 is 1.71 bits per heavy atom. The molecule has 0 heterocycles. The normalized spacial score (nSPS) is 11.1. The van der Waals surface area contributed by atoms with Crippen molar-refractivity contribution in [2.75, 3.05) is 30.9 Å². The van der Waals surface area contributed by atoms with Crippen molar-refractivity contribution in [2.24, 2.45) is 4.99 Å². The molecule has 0 saturated heterocycles. The van der Waals surface area contributed by atoms with Crippen LogP contribution < -0.4 is 30.7 Å². The largest absolute Gasteiger partial charge is 0.493 e. The second-order valence-electron chi connectivity index (χ2n) is 7.07. The smallest absolute Gasteiger partial charge is 0.319 e. The molecule has 0 aliphatic rings. The molecule has 8 heteroatoms. The molecule has 2 aromatic carbocycles. The van der Waals surface area contributed by atoms with Crippen LogP contribution in [0.5, 0.6) is 11.5 Å². The number of nitrogens with zero attached hydrogens (tertiary/aromatic N) is 1. The van der Waals surface area contributed by atoms with Crippen LogP contribution in [0.15, 0.2) is 47.5 Å². The van der Waals surface area contributed by atoms with Crippen LogP contribution in [0.4, 0.5) is 16.2 Å². The summed E-state index contributed by atoms with van der Waals surface area (Å²) >= 11 is 0. The van der Waals surface area contributed by atoms with Crippen molar-refractivity contribution in [1.29, 1.82) is 0 Å². The predicted molar refractivity (Wildman–Crippen MR) is 126 cm³/mol. The maximum Gasteiger partial charge on any atom is 0.319 e. The number of aliphatic imine (C=N–C) groups is 1. The number of amides is 2. The van der Waals surface area contributed by atoms with Gasteiger partial charge in [-0.05, 0) is 57.5 Å². The van der Waals surface area contributed by atoms with E-state index < -0.39 is 0 Å². The first-order valence-corrected chi connectivity index (χ1v) is 10.5. The molecule has 0 saturated carbocycles. The van der Waals surface area contributed by atoms with Crippen molar-refractivity contribution in [1.82, 2.24) is 10.6 Å². The number of hydrogen-bond donors (Lipinski definition) is 4. The highest BCUT2D eigenvalue weighted by molar-refractivity contribution is 5.94. The van der Waals surface area contributed by atoms with Crippen molar-refractivity contribution >= 4 is 23.4 Å². The number of hydrogen-bond acceptors (Lipinski definition) is 4. The Morgan fingerprint density at radius 1 is 1.00 bits per heavy atom. The van der Waals surface area contributed by atoms with Crippen molar-refractivity contribution in [3.63, 3.8) is 0 Å². The highest BCUT2D eigenvalue weighted by Crippen LogP contribution is 2.30. The van der Waals surface area contributed by atoms with Crippen molar-refractivity contribution in [2.45, 2.75) is 40.3 Å². The van der Waals surface area contributed by atoms with Crippen molar-refractivity contribution < 1.29 is 14.3 Å². The Morgan fingerprint density at radius 3 is 2.32 bits per heavy atom. The lowest BCUT2D eigenvalue weighted by Gasteiger charge is -2.14. The van der Waals surface area contributed by atoms with Crippen LogP contribution in [-0.2, 0) is 6.54 Å². The third-order valence-corrected chi connectivity index (χ3v) is 4.12. The minimum atomic E-state index is -0.217. The van der Waals surface area contributed by atoms with Gasteiger partial charge in [0.05, 0.1) is 20.3 Å². The molecule has 31 heavy (non-hydrogen) atoms. The van der Waals surface area contributed by atoms with Gasteiger partial charge in [-0.15, -0.1) is 0 Å². The number of urea groups is 1. The fourth-order valence-electron chi connectivity index (χ4n) is 2.76. The van der Waals surface area contributed by atoms with Crippen LogP contribution in [0.1, 0.15) is 33.3 Å². The lowest BCUT2D eigenvalue weighted by molar-refractivity contribution is 0.250. The molecular weight excluding hydrogens is 394 g/mol. The zero-order valence-corrected chi connectivity index (χ0v) is 18.9. The van der Waals surface area contributed by atoms with E-state index in [1.807, 2.05) is 70.2 Å². The van der Waals surface area contributed by atoms with Gasteiger partial charge in [-0.2, -0.15) is 0 Å². The van der Waals surface area contributed by atoms with Gasteiger partial charge in [0, 0.05) is 30.0 Å². The van der Waals surface area contributed by atoms with Crippen LogP contribution in [0, 0.1) is 0 Å². The topological polar surface area (TPSA) is 96.0 Å². The molecule has 0 unspecified atom stereocenters. The number of carbonyl (C=O) groups is 1. The van der Waals surface area contributed by atoms with Gasteiger partial charge in [-0.25, -0.2) is 9.79 Å². The van der Waals surface area contributed by atoms with Gasteiger partial charge in [0.1, 0.15) is 0 Å². The molecule has 8 nitrogen and oxygen atoms in total. The molecule has 4 N–H and O–H groups in total. The summed E-state index contributed by atoms with van der Waals surface area (Å²) in [4.78, 5) is 16.4. The summed E-state index contributed by atoms with van der Waals surface area (Å²) in [6.07, 6.45) is 0. The first-order chi connectivity index (χ1) is 14.9. The number of rotatable bonds is 9. The summed E-state index contributed by atoms with van der Waals surface area (Å²) in [6, 6.07) is 13.1. The quantitative estimate of drug-likeness (QED) is 0.355. The molecule has 2 amide bonds. The monoisotopic (exact) mass is 427 g/mol. The molecule has 2 aromatic rings. The SMILES string of the molecule is CCNC(=NCc1ccc(NC(=O)NC(C)C)cc1)Nc1ccc(OCC)c(OC)c1. The Labute approximate surface area is 184 Å². The van der Waals surface area contributed by atoms with E-state index in [0.29, 0.717) is 30.6 Å². The van der Waals surface area contributed by atoms with E-state index in [9.17, 15) is 4.79 Å². The first-order valence-electron chi connectivity index (χ1n) is 10.5. The fourth-order valence-corrected chi connectivity index (χ4v) is 2.76. The Kier molecular flexibility index (Phi) is 9.48. The Hall–Kier alpha value is -3.42. The summed E-state index contributed by atoms with van der Waals surface area (Å²) < 4.78 is 11.0. The van der Waals surface area contributed by atoms with E-state index in [1.165, 1.54) is 0 Å². The van der Waals surface area contributed by atoms with Gasteiger partial charge in [-0.1, -0.05) is 12.1 Å². The summed E-state index contributed by atoms with van der Waals surface area (Å²) in [5, 5.41) is 12.1. The predicted octanol–water partition coefficient (Wildman–Crippen LogP) is 4.20. The van der Waals surface area contributed by atoms with Gasteiger partial charge in [0.25, 0.3) is 0 Å². The summed E-state index contributed by atoms with van der Waals surface area (Å²) in [5.41, 5.74) is 2.60. The lowest BCUT2D eigenvalue weighted by Crippen LogP contribution is -2.34. The van der Waals surface area contributed by atoms with Gasteiger partial charge < -0.3 is 30.7 Å². The number of methoxy groups -OCH3 is 1. The molecule has 0 radical (unpaired) electrons. The molecule has 0 fully saturated rings. The van der Waals surface area contributed by atoms with Crippen LogP contribution >= 0.6 is 0 Å². The number of benzene rings is 2. The zero-order chi connectivity index (χ0) is 22.6. The lowest BCUT2D eigenvalue weighted by atomic mass is 10.2. The summed E-state index contributed by atoms with van der Waals surface area (Å²) in [6.45, 7) is 9.57. The molecule has 0 atom stereocenters. The minimum absolute atomic E-state index is 0.0842. The maximum absolute atomic E-state index is 11.8. The molecular formula is C23H33N5O3. The molecule has 168 valence electrons. The third kappa shape index (κ3) is 8.08. The molecule has 0 aromatic heterocycles. The first kappa shape index (κ1) is 23.9. The van der Waals surface area contributed by atoms with Crippen LogP contribution in [-0.4, -0.2) is 38.3 Å². The average Bonchev–Trinajstić information content (AvgIpc) is 2.73. The van der Waals surface area contributed by atoms with Crippen LogP contribution in [0.25, 0.3) is 0 Å². The number of nitrogens with one attached hydrogen (secondary N) is 4. The van der Waals surface area contributed by atoms with Crippen LogP contribution in [0.2, 0.25) is 0 Å². The van der Waals surface area contributed by atoms with Crippen LogP contribution in [0.3, 0.4) is 0 Å². The number of anilines is 2. The second-order valence-corrected chi connectivity index (χ2v) is 7.07. The standard InChI is InChI=1S/C23H33N5O3/c1-6-24-22(27-19-12-13-20(31-7-2)21(14-19)30-5)25-15-17-8-10-18(11-9-17)28-23(29)26-16(3)4/h8-14,16H,6-7,15H2,1-5H3,(H2,24,25,27)(H2,26,28,29). The van der Waals surface area contributed by atoms with Gasteiger partial charge in [0.2, 0.25) is 0 Å². The van der Waals surface area contributed by atoms with Crippen molar-refractivity contribution in [3.05, 3.63) is 48.0 Å². The highest BCUT2D eigenvalue weighted by Gasteiger charge is 2.07. The summed E-state index contributed by atoms with van der Waals surface area (Å²) in [5.74, 6) is 2.02. The summed E-state index contributed by atoms with van der Waals surface area (Å²) in [7, 11) is 1.62. The molecule has 0 aliphatic heterocycles. The van der Waals surface area contributed by atoms with Crippen molar-refractivity contribution in [3.8, 4) is 11.5 Å². The molecule has 2 rings (SSSR count). The van der Waals surface area contributed by atoms with Gasteiger partial charge in [-0.3, -0.25) is 0 Å². The molecule has 0 spiro atoms. The van der Waals surface area contributed by atoms with Gasteiger partial charge >= 0.3 is 6.03 Å². The van der Waals surface area contributed by atoms with E-state index in [2.05, 4.69) is 26.3 Å². The third-order valence-electron chi connectivity index (χ3n) is 4.12. The second kappa shape index (κ2) is 12.3. The maximum atomic E-state index is 11.8. The van der Waals surface area contributed by atoms with E-state index >= 15 is 0 Å². The van der Waals surface area contributed by atoms with E-state index in [1.54, 1.807) is 7.11 Å². The highest BCUT2D eigenvalue weighted by atomic mass is 16.5. The minimum Gasteiger partial charge on any atom is -0.493 e. The Balaban J connectivity index is 2.03.